The van der Waals surface area contributed by atoms with Crippen molar-refractivity contribution in [2.75, 3.05) is 6.79 Å². The summed E-state index contributed by atoms with van der Waals surface area (Å²) in [5.41, 5.74) is 2.27. The Morgan fingerprint density at radius 3 is 2.81 bits per heavy atom. The van der Waals surface area contributed by atoms with E-state index in [0.717, 1.165) is 11.1 Å². The lowest BCUT2D eigenvalue weighted by Crippen LogP contribution is -2.07. The third kappa shape index (κ3) is 2.13. The van der Waals surface area contributed by atoms with Gasteiger partial charge in [-0.1, -0.05) is 18.2 Å². The molecule has 3 nitrogen and oxygen atoms in total. The van der Waals surface area contributed by atoms with Crippen LogP contribution in [0.4, 0.5) is 0 Å². The average Bonchev–Trinajstić information content (AvgIpc) is 2.83. The Balaban J connectivity index is 2.42. The molecule has 1 aromatic heterocycles. The molecule has 1 aromatic carbocycles. The van der Waals surface area contributed by atoms with E-state index in [2.05, 4.69) is 4.74 Å². The zero-order valence-electron chi connectivity index (χ0n) is 8.42. The first-order valence-electron chi connectivity index (χ1n) is 4.72. The van der Waals surface area contributed by atoms with Crippen molar-refractivity contribution in [1.29, 1.82) is 0 Å². The van der Waals surface area contributed by atoms with Crippen LogP contribution in [0.3, 0.4) is 0 Å². The summed E-state index contributed by atoms with van der Waals surface area (Å²) in [6.45, 7) is -0.600. The molecule has 2 rings (SSSR count). The van der Waals surface area contributed by atoms with Crippen molar-refractivity contribution in [2.45, 2.75) is 0 Å². The van der Waals surface area contributed by atoms with Crippen molar-refractivity contribution in [2.24, 2.45) is 0 Å². The molecule has 0 radical (unpaired) electrons. The maximum atomic E-state index is 11.6. The molecule has 0 aliphatic heterocycles. The van der Waals surface area contributed by atoms with Crippen molar-refractivity contribution >= 4 is 17.3 Å². The van der Waals surface area contributed by atoms with Crippen LogP contribution in [-0.2, 0) is 4.74 Å². The quantitative estimate of drug-likeness (QED) is 0.655. The minimum atomic E-state index is -0.600. The lowest BCUT2D eigenvalue weighted by molar-refractivity contribution is 0.00692. The Bertz CT molecular complexity index is 477. The molecule has 4 heteroatoms. The highest BCUT2D eigenvalue weighted by atomic mass is 32.1. The van der Waals surface area contributed by atoms with Crippen LogP contribution in [0.1, 0.15) is 10.4 Å². The molecule has 0 atom stereocenters. The van der Waals surface area contributed by atoms with Crippen molar-refractivity contribution in [3.05, 3.63) is 46.7 Å². The Morgan fingerprint density at radius 1 is 1.31 bits per heavy atom. The highest BCUT2D eigenvalue weighted by Crippen LogP contribution is 2.26. The first-order chi connectivity index (χ1) is 7.83. The van der Waals surface area contributed by atoms with Crippen LogP contribution in [0.2, 0.25) is 0 Å². The van der Waals surface area contributed by atoms with Gasteiger partial charge in [0.15, 0.2) is 6.79 Å². The molecule has 0 fully saturated rings. The number of hydrogen-bond acceptors (Lipinski definition) is 4. The van der Waals surface area contributed by atoms with E-state index in [4.69, 9.17) is 5.11 Å². The minimum absolute atomic E-state index is 0.468. The lowest BCUT2D eigenvalue weighted by Gasteiger charge is -2.06. The number of benzene rings is 1. The molecule has 0 spiro atoms. The molecule has 82 valence electrons. The number of rotatable bonds is 3. The Morgan fingerprint density at radius 2 is 2.12 bits per heavy atom. The first kappa shape index (κ1) is 10.9. The fraction of sp³-hybridized carbons (Fsp3) is 0.0833. The number of aliphatic hydroxyl groups excluding tert-OH is 1. The number of aliphatic hydroxyl groups is 1. The van der Waals surface area contributed by atoms with E-state index in [-0.39, 0.29) is 0 Å². The average molecular weight is 234 g/mol. The summed E-state index contributed by atoms with van der Waals surface area (Å²) < 4.78 is 4.59. The Kier molecular flexibility index (Phi) is 3.34. The number of ether oxygens (including phenoxy) is 1. The van der Waals surface area contributed by atoms with Crippen LogP contribution in [0.5, 0.6) is 0 Å². The number of hydrogen-bond donors (Lipinski definition) is 1. The zero-order valence-corrected chi connectivity index (χ0v) is 9.24. The SMILES string of the molecule is O=C(OCO)c1ccccc1-c1ccsc1. The monoisotopic (exact) mass is 234 g/mol. The Hall–Kier alpha value is -1.65. The van der Waals surface area contributed by atoms with E-state index in [1.54, 1.807) is 23.5 Å². The maximum Gasteiger partial charge on any atom is 0.340 e. The lowest BCUT2D eigenvalue weighted by atomic mass is 10.0. The van der Waals surface area contributed by atoms with E-state index in [1.165, 1.54) is 0 Å². The Labute approximate surface area is 96.9 Å². The molecule has 0 unspecified atom stereocenters. The van der Waals surface area contributed by atoms with Crippen LogP contribution < -0.4 is 0 Å². The second-order valence-corrected chi connectivity index (χ2v) is 3.90. The largest absolute Gasteiger partial charge is 0.435 e. The van der Waals surface area contributed by atoms with Gasteiger partial charge in [0, 0.05) is 0 Å². The number of thiophene rings is 1. The molecule has 0 bridgehead atoms. The molecule has 16 heavy (non-hydrogen) atoms. The van der Waals surface area contributed by atoms with Gasteiger partial charge in [-0.2, -0.15) is 11.3 Å². The molecular formula is C12H10O3S. The summed E-state index contributed by atoms with van der Waals surface area (Å²) in [6.07, 6.45) is 0. The minimum Gasteiger partial charge on any atom is -0.435 e. The van der Waals surface area contributed by atoms with E-state index in [0.29, 0.717) is 5.56 Å². The van der Waals surface area contributed by atoms with E-state index in [9.17, 15) is 4.79 Å². The summed E-state index contributed by atoms with van der Waals surface area (Å²) in [6, 6.07) is 9.11. The van der Waals surface area contributed by atoms with Crippen LogP contribution in [-0.4, -0.2) is 17.9 Å². The normalized spacial score (nSPS) is 10.1. The molecule has 1 N–H and O–H groups in total. The smallest absolute Gasteiger partial charge is 0.340 e. The van der Waals surface area contributed by atoms with Gasteiger partial charge in [0.1, 0.15) is 0 Å². The molecule has 0 aliphatic rings. The molecule has 0 aliphatic carbocycles. The maximum absolute atomic E-state index is 11.6. The van der Waals surface area contributed by atoms with Crippen LogP contribution in [0.25, 0.3) is 11.1 Å². The molecule has 2 aromatic rings. The number of carbonyl (C=O) groups excluding carboxylic acids is 1. The van der Waals surface area contributed by atoms with Crippen LogP contribution in [0, 0.1) is 0 Å². The van der Waals surface area contributed by atoms with Gasteiger partial charge in [-0.3, -0.25) is 0 Å². The predicted molar refractivity (Wildman–Crippen MR) is 62.3 cm³/mol. The van der Waals surface area contributed by atoms with Crippen molar-refractivity contribution in [3.8, 4) is 11.1 Å². The van der Waals surface area contributed by atoms with Gasteiger partial charge < -0.3 is 9.84 Å². The second-order valence-electron chi connectivity index (χ2n) is 3.12. The van der Waals surface area contributed by atoms with Gasteiger partial charge in [0.2, 0.25) is 0 Å². The summed E-state index contributed by atoms with van der Waals surface area (Å²) in [7, 11) is 0. The topological polar surface area (TPSA) is 46.5 Å². The summed E-state index contributed by atoms with van der Waals surface area (Å²) >= 11 is 1.57. The van der Waals surface area contributed by atoms with E-state index >= 15 is 0 Å². The van der Waals surface area contributed by atoms with Gasteiger partial charge in [0.05, 0.1) is 5.56 Å². The second kappa shape index (κ2) is 4.92. The molecule has 0 saturated heterocycles. The van der Waals surface area contributed by atoms with Gasteiger partial charge in [-0.25, -0.2) is 4.79 Å². The number of carbonyl (C=O) groups is 1. The van der Waals surface area contributed by atoms with Gasteiger partial charge in [-0.05, 0) is 34.0 Å². The van der Waals surface area contributed by atoms with Gasteiger partial charge in [0.25, 0.3) is 0 Å². The third-order valence-corrected chi connectivity index (χ3v) is 2.86. The highest BCUT2D eigenvalue weighted by molar-refractivity contribution is 7.08. The fourth-order valence-corrected chi connectivity index (χ4v) is 2.12. The van der Waals surface area contributed by atoms with E-state index < -0.39 is 12.8 Å². The van der Waals surface area contributed by atoms with Crippen molar-refractivity contribution in [1.82, 2.24) is 0 Å². The highest BCUT2D eigenvalue weighted by Gasteiger charge is 2.13. The van der Waals surface area contributed by atoms with Gasteiger partial charge in [-0.15, -0.1) is 0 Å². The molecule has 1 heterocycles. The molecular weight excluding hydrogens is 224 g/mol. The summed E-state index contributed by atoms with van der Waals surface area (Å²) in [5, 5.41) is 12.5. The predicted octanol–water partition coefficient (Wildman–Crippen LogP) is 2.52. The van der Waals surface area contributed by atoms with Crippen molar-refractivity contribution in [3.63, 3.8) is 0 Å². The standard InChI is InChI=1S/C12H10O3S/c13-8-15-12(14)11-4-2-1-3-10(11)9-5-6-16-7-9/h1-7,13H,8H2. The summed E-state index contributed by atoms with van der Waals surface area (Å²) in [5.74, 6) is -0.510. The van der Waals surface area contributed by atoms with Gasteiger partial charge >= 0.3 is 5.97 Å². The van der Waals surface area contributed by atoms with Crippen LogP contribution >= 0.6 is 11.3 Å². The first-order valence-corrected chi connectivity index (χ1v) is 5.67. The molecule has 0 saturated carbocycles. The fourth-order valence-electron chi connectivity index (χ4n) is 1.47. The summed E-state index contributed by atoms with van der Waals surface area (Å²) in [4.78, 5) is 11.6. The van der Waals surface area contributed by atoms with E-state index in [1.807, 2.05) is 29.0 Å². The zero-order chi connectivity index (χ0) is 11.4. The number of esters is 1. The molecule has 0 amide bonds. The third-order valence-electron chi connectivity index (χ3n) is 2.17. The van der Waals surface area contributed by atoms with Crippen molar-refractivity contribution < 1.29 is 14.6 Å². The van der Waals surface area contributed by atoms with Crippen LogP contribution in [0.15, 0.2) is 41.1 Å².